The van der Waals surface area contributed by atoms with Crippen molar-refractivity contribution in [1.29, 1.82) is 0 Å². The van der Waals surface area contributed by atoms with Crippen LogP contribution in [0.2, 0.25) is 0 Å². The zero-order valence-electron chi connectivity index (χ0n) is 18.1. The number of aryl methyl sites for hydroxylation is 1. The Kier molecular flexibility index (Phi) is 4.59. The van der Waals surface area contributed by atoms with Crippen molar-refractivity contribution in [2.45, 2.75) is 63.9 Å². The summed E-state index contributed by atoms with van der Waals surface area (Å²) in [6.45, 7) is 6.40. The third-order valence-electron chi connectivity index (χ3n) is 7.86. The molecule has 0 aromatic heterocycles. The molecule has 0 unspecified atom stereocenters. The van der Waals surface area contributed by atoms with E-state index < -0.39 is 58.5 Å². The van der Waals surface area contributed by atoms with Gasteiger partial charge in [-0.05, 0) is 48.5 Å². The van der Waals surface area contributed by atoms with Gasteiger partial charge in [0.05, 0.1) is 18.3 Å². The van der Waals surface area contributed by atoms with E-state index in [1.165, 1.54) is 19.1 Å². The van der Waals surface area contributed by atoms with Crippen LogP contribution in [0.15, 0.2) is 23.8 Å². The van der Waals surface area contributed by atoms with E-state index >= 15 is 0 Å². The third kappa shape index (κ3) is 2.72. The van der Waals surface area contributed by atoms with Gasteiger partial charge in [-0.1, -0.05) is 20.8 Å². The van der Waals surface area contributed by atoms with Crippen molar-refractivity contribution in [3.8, 4) is 11.5 Å². The van der Waals surface area contributed by atoms with Gasteiger partial charge in [0.15, 0.2) is 0 Å². The zero-order chi connectivity index (χ0) is 23.1. The molecule has 0 heterocycles. The van der Waals surface area contributed by atoms with Crippen LogP contribution in [0.1, 0.15) is 49.5 Å². The number of aliphatic hydroxyl groups is 4. The first-order valence-corrected chi connectivity index (χ1v) is 10.4. The van der Waals surface area contributed by atoms with Crippen molar-refractivity contribution in [1.82, 2.24) is 0 Å². The Morgan fingerprint density at radius 2 is 1.84 bits per heavy atom. The molecule has 0 radical (unpaired) electrons. The summed E-state index contributed by atoms with van der Waals surface area (Å²) in [6, 6.07) is 2.34. The summed E-state index contributed by atoms with van der Waals surface area (Å²) >= 11 is 0. The number of esters is 1. The summed E-state index contributed by atoms with van der Waals surface area (Å²) in [6.07, 6.45) is -0.112. The maximum absolute atomic E-state index is 12.8. The zero-order valence-corrected chi connectivity index (χ0v) is 18.1. The number of benzene rings is 1. The van der Waals surface area contributed by atoms with Crippen LogP contribution in [0.25, 0.3) is 0 Å². The van der Waals surface area contributed by atoms with E-state index in [0.29, 0.717) is 5.56 Å². The van der Waals surface area contributed by atoms with Gasteiger partial charge in [-0.2, -0.15) is 0 Å². The summed E-state index contributed by atoms with van der Waals surface area (Å²) in [5, 5.41) is 63.7. The molecule has 1 aromatic rings. The second-order valence-corrected chi connectivity index (χ2v) is 10.3. The maximum Gasteiger partial charge on any atom is 0.342 e. The van der Waals surface area contributed by atoms with Crippen molar-refractivity contribution in [3.05, 3.63) is 34.9 Å². The molecule has 0 spiro atoms. The van der Waals surface area contributed by atoms with Crippen LogP contribution in [-0.4, -0.2) is 66.6 Å². The van der Waals surface area contributed by atoms with Gasteiger partial charge >= 0.3 is 5.97 Å². The van der Waals surface area contributed by atoms with E-state index in [1.807, 2.05) is 13.8 Å². The van der Waals surface area contributed by atoms with Crippen molar-refractivity contribution in [3.63, 3.8) is 0 Å². The predicted molar refractivity (Wildman–Crippen MR) is 109 cm³/mol. The van der Waals surface area contributed by atoms with Gasteiger partial charge in [0.25, 0.3) is 0 Å². The molecule has 2 saturated carbocycles. The highest BCUT2D eigenvalue weighted by Gasteiger charge is 2.77. The van der Waals surface area contributed by atoms with E-state index in [9.17, 15) is 35.4 Å². The van der Waals surface area contributed by atoms with Crippen LogP contribution in [0, 0.1) is 23.7 Å². The van der Waals surface area contributed by atoms with Gasteiger partial charge in [0.2, 0.25) is 0 Å². The number of phenolic OH excluding ortho intramolecular Hbond substituents is 2. The molecule has 31 heavy (non-hydrogen) atoms. The van der Waals surface area contributed by atoms with E-state index in [0.717, 1.165) is 6.07 Å². The summed E-state index contributed by atoms with van der Waals surface area (Å²) in [4.78, 5) is 12.8. The molecule has 8 heteroatoms. The molecule has 170 valence electrons. The molecule has 4 rings (SSSR count). The van der Waals surface area contributed by atoms with Crippen molar-refractivity contribution < 1.29 is 40.2 Å². The van der Waals surface area contributed by atoms with Crippen LogP contribution in [0.4, 0.5) is 0 Å². The molecule has 6 N–H and O–H groups in total. The SMILES string of the molecule is Cc1cc(O)cc(O)c1C(=O)O[C@@H]1C[C@]2(C)[C@H]3[C@@H](O)C(C)(C)C[C@]3(O)C=C(CO)[C@]12O. The molecular formula is C23H30O8. The number of carbonyl (C=O) groups is 1. The molecule has 2 fully saturated rings. The Balaban J connectivity index is 1.71. The second-order valence-electron chi connectivity index (χ2n) is 10.3. The molecular weight excluding hydrogens is 404 g/mol. The molecule has 3 aliphatic carbocycles. The van der Waals surface area contributed by atoms with Gasteiger partial charge in [-0.15, -0.1) is 0 Å². The molecule has 1 aromatic carbocycles. The monoisotopic (exact) mass is 434 g/mol. The van der Waals surface area contributed by atoms with Crippen molar-refractivity contribution >= 4 is 5.97 Å². The fourth-order valence-corrected chi connectivity index (χ4v) is 6.48. The average Bonchev–Trinajstić information content (AvgIpc) is 2.81. The minimum absolute atomic E-state index is 0.126. The van der Waals surface area contributed by atoms with Crippen LogP contribution in [0.5, 0.6) is 11.5 Å². The summed E-state index contributed by atoms with van der Waals surface area (Å²) in [7, 11) is 0. The molecule has 6 atom stereocenters. The second kappa shape index (κ2) is 6.45. The number of hydrogen-bond acceptors (Lipinski definition) is 8. The van der Waals surface area contributed by atoms with Crippen molar-refractivity contribution in [2.75, 3.05) is 6.61 Å². The fraction of sp³-hybridized carbons (Fsp3) is 0.609. The highest BCUT2D eigenvalue weighted by molar-refractivity contribution is 5.94. The normalized spacial score (nSPS) is 40.4. The molecule has 3 aliphatic rings. The van der Waals surface area contributed by atoms with Gasteiger partial charge in [0.1, 0.15) is 28.8 Å². The summed E-state index contributed by atoms with van der Waals surface area (Å²) in [5.41, 5.74) is -4.51. The van der Waals surface area contributed by atoms with E-state index in [2.05, 4.69) is 0 Å². The van der Waals surface area contributed by atoms with Gasteiger partial charge in [-0.3, -0.25) is 0 Å². The number of fused-ring (bicyclic) bond motifs is 3. The van der Waals surface area contributed by atoms with E-state index in [-0.39, 0.29) is 29.7 Å². The largest absolute Gasteiger partial charge is 0.508 e. The van der Waals surface area contributed by atoms with Gasteiger partial charge in [0, 0.05) is 17.4 Å². The summed E-state index contributed by atoms with van der Waals surface area (Å²) in [5.74, 6) is -2.23. The Morgan fingerprint density at radius 1 is 1.19 bits per heavy atom. The van der Waals surface area contributed by atoms with Crippen LogP contribution in [0.3, 0.4) is 0 Å². The number of ether oxygens (including phenoxy) is 1. The number of aromatic hydroxyl groups is 2. The first-order valence-electron chi connectivity index (χ1n) is 10.4. The standard InChI is InChI=1S/C23H30O8/c1-11-5-13(25)6-14(26)16(11)19(28)31-15-8-21(4)17-18(27)20(2,3)10-22(17,29)7-12(9-24)23(15,21)30/h5-7,15,17-18,24-27,29-30H,8-10H2,1-4H3/t15-,17-,18-,21-,22-,23+/m1/s1. The number of hydrogen-bond donors (Lipinski definition) is 6. The predicted octanol–water partition coefficient (Wildman–Crippen LogP) is 1.14. The lowest BCUT2D eigenvalue weighted by Gasteiger charge is -2.66. The molecule has 0 bridgehead atoms. The number of phenols is 2. The van der Waals surface area contributed by atoms with E-state index in [1.54, 1.807) is 6.92 Å². The number of aliphatic hydroxyl groups excluding tert-OH is 2. The Hall–Kier alpha value is -2.13. The molecule has 8 nitrogen and oxygen atoms in total. The minimum atomic E-state index is -1.78. The average molecular weight is 434 g/mol. The van der Waals surface area contributed by atoms with Crippen LogP contribution in [-0.2, 0) is 4.74 Å². The Morgan fingerprint density at radius 3 is 2.42 bits per heavy atom. The maximum atomic E-state index is 12.8. The minimum Gasteiger partial charge on any atom is -0.508 e. The fourth-order valence-electron chi connectivity index (χ4n) is 6.48. The number of rotatable bonds is 3. The van der Waals surface area contributed by atoms with Crippen LogP contribution >= 0.6 is 0 Å². The summed E-state index contributed by atoms with van der Waals surface area (Å²) < 4.78 is 5.57. The van der Waals surface area contributed by atoms with Crippen LogP contribution < -0.4 is 0 Å². The molecule has 0 aliphatic heterocycles. The smallest absolute Gasteiger partial charge is 0.342 e. The lowest BCUT2D eigenvalue weighted by molar-refractivity contribution is -0.276. The lowest BCUT2D eigenvalue weighted by Crippen LogP contribution is -2.76. The Bertz CT molecular complexity index is 961. The van der Waals surface area contributed by atoms with Crippen molar-refractivity contribution in [2.24, 2.45) is 16.7 Å². The number of carbonyl (C=O) groups excluding carboxylic acids is 1. The first kappa shape index (κ1) is 22.1. The molecule has 0 amide bonds. The van der Waals surface area contributed by atoms with Gasteiger partial charge in [-0.25, -0.2) is 4.79 Å². The highest BCUT2D eigenvalue weighted by atomic mass is 16.6. The first-order chi connectivity index (χ1) is 14.2. The van der Waals surface area contributed by atoms with E-state index in [4.69, 9.17) is 4.74 Å². The highest BCUT2D eigenvalue weighted by Crippen LogP contribution is 2.69. The third-order valence-corrected chi connectivity index (χ3v) is 7.86. The van der Waals surface area contributed by atoms with Gasteiger partial charge < -0.3 is 35.4 Å². The molecule has 0 saturated heterocycles. The topological polar surface area (TPSA) is 148 Å². The quantitative estimate of drug-likeness (QED) is 0.307. The lowest BCUT2D eigenvalue weighted by atomic mass is 9.43. The Labute approximate surface area is 180 Å².